The molecule has 382 valence electrons. The number of benzene rings is 2. The molecule has 2 N–H and O–H groups in total. The number of urea groups is 1. The van der Waals surface area contributed by atoms with Gasteiger partial charge >= 0.3 is 6.03 Å². The van der Waals surface area contributed by atoms with Crippen LogP contribution in [0.4, 0.5) is 27.7 Å². The highest BCUT2D eigenvalue weighted by molar-refractivity contribution is 6.09. The third-order valence-electron chi connectivity index (χ3n) is 17.5. The molecule has 4 aromatic rings. The highest BCUT2D eigenvalue weighted by atomic mass is 16.2. The van der Waals surface area contributed by atoms with Gasteiger partial charge in [0.1, 0.15) is 11.8 Å². The minimum Gasteiger partial charge on any atom is -0.371 e. The van der Waals surface area contributed by atoms with Gasteiger partial charge in [0.25, 0.3) is 0 Å². The number of likely N-dealkylation sites (tertiary alicyclic amines) is 3. The normalized spacial score (nSPS) is 22.9. The second-order valence-electron chi connectivity index (χ2n) is 22.1. The first kappa shape index (κ1) is 48.2. The number of amides is 5. The van der Waals surface area contributed by atoms with E-state index in [0.29, 0.717) is 70.5 Å². The summed E-state index contributed by atoms with van der Waals surface area (Å²) in [6.07, 6.45) is 15.1. The number of imidazole rings is 1. The van der Waals surface area contributed by atoms with Crippen LogP contribution in [0.5, 0.6) is 0 Å². The zero-order valence-corrected chi connectivity index (χ0v) is 42.6. The molecular weight excluding hydrogens is 907 g/mol. The molecule has 0 bridgehead atoms. The zero-order chi connectivity index (χ0) is 49.7. The lowest BCUT2D eigenvalue weighted by molar-refractivity contribution is -0.144. The molecule has 2 aliphatic carbocycles. The molecule has 7 heterocycles. The fraction of sp³-hybridized carbons (Fsp3) is 0.589. The molecule has 4 saturated heterocycles. The number of anilines is 4. The van der Waals surface area contributed by atoms with Gasteiger partial charge < -0.3 is 44.5 Å². The van der Waals surface area contributed by atoms with E-state index in [1.807, 2.05) is 40.4 Å². The van der Waals surface area contributed by atoms with Crippen LogP contribution in [0.15, 0.2) is 54.9 Å². The van der Waals surface area contributed by atoms with Gasteiger partial charge in [-0.05, 0) is 146 Å². The van der Waals surface area contributed by atoms with Crippen LogP contribution >= 0.6 is 0 Å². The van der Waals surface area contributed by atoms with Crippen LogP contribution in [0, 0.1) is 11.8 Å². The summed E-state index contributed by atoms with van der Waals surface area (Å²) in [7, 11) is 1.58. The molecule has 2 saturated carbocycles. The minimum atomic E-state index is -0.673. The number of nitrogens with one attached hydrogen (secondary N) is 2. The third kappa shape index (κ3) is 9.10. The molecule has 0 atom stereocenters. The fourth-order valence-corrected chi connectivity index (χ4v) is 12.9. The molecule has 6 fully saturated rings. The Morgan fingerprint density at radius 1 is 0.806 bits per heavy atom. The smallest absolute Gasteiger partial charge is 0.321 e. The fourth-order valence-electron chi connectivity index (χ4n) is 12.9. The van der Waals surface area contributed by atoms with Crippen molar-refractivity contribution >= 4 is 64.0 Å². The second-order valence-corrected chi connectivity index (χ2v) is 22.1. The molecule has 0 unspecified atom stereocenters. The van der Waals surface area contributed by atoms with Crippen LogP contribution in [0.1, 0.15) is 115 Å². The summed E-state index contributed by atoms with van der Waals surface area (Å²) in [5, 5.41) is 6.35. The Bertz CT molecular complexity index is 2660. The topological polar surface area (TPSA) is 160 Å². The monoisotopic (exact) mass is 980 g/mol. The number of aldehydes is 1. The number of rotatable bonds is 13. The van der Waals surface area contributed by atoms with Gasteiger partial charge in [-0.1, -0.05) is 18.6 Å². The molecule has 2 aromatic heterocycles. The Morgan fingerprint density at radius 3 is 2.11 bits per heavy atom. The molecule has 7 aliphatic rings. The van der Waals surface area contributed by atoms with E-state index in [-0.39, 0.29) is 54.1 Å². The molecule has 1 spiro atoms. The average Bonchev–Trinajstić information content (AvgIpc) is 4.07. The maximum atomic E-state index is 15.2. The van der Waals surface area contributed by atoms with E-state index in [1.54, 1.807) is 11.9 Å². The van der Waals surface area contributed by atoms with Crippen molar-refractivity contribution in [1.82, 2.24) is 34.6 Å². The van der Waals surface area contributed by atoms with Crippen LogP contribution in [0.2, 0.25) is 0 Å². The summed E-state index contributed by atoms with van der Waals surface area (Å²) in [6, 6.07) is 17.6. The molecule has 5 amide bonds. The Hall–Kier alpha value is -6.03. The van der Waals surface area contributed by atoms with Gasteiger partial charge in [0.15, 0.2) is 5.82 Å². The van der Waals surface area contributed by atoms with Gasteiger partial charge in [-0.3, -0.25) is 19.3 Å². The van der Waals surface area contributed by atoms with E-state index in [9.17, 15) is 19.2 Å². The van der Waals surface area contributed by atoms with E-state index in [0.717, 1.165) is 122 Å². The van der Waals surface area contributed by atoms with Gasteiger partial charge in [0, 0.05) is 118 Å². The first-order valence-corrected chi connectivity index (χ1v) is 27.3. The molecule has 2 aromatic carbocycles. The summed E-state index contributed by atoms with van der Waals surface area (Å²) in [4.78, 5) is 89.6. The van der Waals surface area contributed by atoms with Gasteiger partial charge in [-0.25, -0.2) is 14.8 Å². The van der Waals surface area contributed by atoms with Crippen molar-refractivity contribution in [3.05, 3.63) is 60.4 Å². The van der Waals surface area contributed by atoms with Crippen LogP contribution in [-0.2, 0) is 24.6 Å². The number of hydrogen-bond donors (Lipinski definition) is 2. The van der Waals surface area contributed by atoms with Gasteiger partial charge in [-0.15, -0.1) is 0 Å². The van der Waals surface area contributed by atoms with Crippen molar-refractivity contribution in [2.75, 3.05) is 86.0 Å². The lowest BCUT2D eigenvalue weighted by Gasteiger charge is -2.48. The van der Waals surface area contributed by atoms with Crippen LogP contribution < -0.4 is 25.3 Å². The van der Waals surface area contributed by atoms with Crippen LogP contribution in [-0.4, -0.2) is 143 Å². The standard InChI is InChI=1S/C56H73N11O5/c1-37(2)66-36-58-48-35-47(60-51(50(48)66)59-41-9-10-41)40-8-15-46-49(32-40)67(45-33-44(34-45)61-22-5-4-6-23-61)54(71)56(46)20-29-64(30-21-56)53(70)39-18-27-63(28-19-39)52(69)38-16-25-62(26-17-38)42-11-13-43(14-12-42)65(24-7-31-68)55(72)57-3/h8,11-15,31-32,35-39,41,44-45H,4-7,9-10,16-30,33-34H2,1-3H3,(H,57,72)(H,59,60). The third-order valence-corrected chi connectivity index (χ3v) is 17.5. The van der Waals surface area contributed by atoms with E-state index in [1.165, 1.54) is 19.3 Å². The number of carbonyl (C=O) groups excluding carboxylic acids is 5. The maximum absolute atomic E-state index is 15.2. The van der Waals surface area contributed by atoms with Gasteiger partial charge in [-0.2, -0.15) is 0 Å². The number of piperidine rings is 4. The van der Waals surface area contributed by atoms with Crippen molar-refractivity contribution in [3.63, 3.8) is 0 Å². The van der Waals surface area contributed by atoms with E-state index >= 15 is 4.79 Å². The van der Waals surface area contributed by atoms with Gasteiger partial charge in [0.05, 0.1) is 23.0 Å². The molecule has 72 heavy (non-hydrogen) atoms. The quantitative estimate of drug-likeness (QED) is 0.130. The van der Waals surface area contributed by atoms with Crippen LogP contribution in [0.25, 0.3) is 22.3 Å². The summed E-state index contributed by atoms with van der Waals surface area (Å²) in [5.74, 6) is 1.25. The first-order chi connectivity index (χ1) is 35.0. The van der Waals surface area contributed by atoms with Crippen molar-refractivity contribution in [1.29, 1.82) is 0 Å². The lowest BCUT2D eigenvalue weighted by Crippen LogP contribution is -2.58. The summed E-state index contributed by atoms with van der Waals surface area (Å²) in [6.45, 7) is 10.7. The number of pyridine rings is 1. The maximum Gasteiger partial charge on any atom is 0.321 e. The van der Waals surface area contributed by atoms with Crippen molar-refractivity contribution in [3.8, 4) is 11.3 Å². The molecule has 16 heteroatoms. The molecule has 0 radical (unpaired) electrons. The second kappa shape index (κ2) is 20.1. The Labute approximate surface area is 423 Å². The SMILES string of the molecule is CNC(=O)N(CCC=O)c1ccc(N2CCC(C(=O)N3CCC(C(=O)N4CCC5(CC4)C(=O)N(C4CC(N6CCCCC6)C4)c4cc(-c6cc7ncn(C(C)C)c7c(NC7CC7)n6)ccc45)CC3)CC2)cc1. The minimum absolute atomic E-state index is 0.0486. The molecular formula is C56H73N11O5. The predicted molar refractivity (Wildman–Crippen MR) is 280 cm³/mol. The number of aromatic nitrogens is 3. The predicted octanol–water partition coefficient (Wildman–Crippen LogP) is 7.37. The van der Waals surface area contributed by atoms with E-state index in [4.69, 9.17) is 9.97 Å². The highest BCUT2D eigenvalue weighted by Crippen LogP contribution is 2.52. The Balaban J connectivity index is 0.733. The largest absolute Gasteiger partial charge is 0.371 e. The lowest BCUT2D eigenvalue weighted by atomic mass is 9.73. The summed E-state index contributed by atoms with van der Waals surface area (Å²) in [5.41, 5.74) is 7.00. The molecule has 11 rings (SSSR count). The number of carbonyl (C=O) groups is 5. The average molecular weight is 980 g/mol. The number of fused-ring (bicyclic) bond motifs is 3. The van der Waals surface area contributed by atoms with Crippen molar-refractivity contribution in [2.45, 2.75) is 133 Å². The van der Waals surface area contributed by atoms with Crippen LogP contribution in [0.3, 0.4) is 0 Å². The summed E-state index contributed by atoms with van der Waals surface area (Å²) >= 11 is 0. The van der Waals surface area contributed by atoms with Gasteiger partial charge in [0.2, 0.25) is 17.7 Å². The Morgan fingerprint density at radius 2 is 1.47 bits per heavy atom. The van der Waals surface area contributed by atoms with Crippen molar-refractivity contribution < 1.29 is 24.0 Å². The molecule has 5 aliphatic heterocycles. The van der Waals surface area contributed by atoms with Crippen molar-refractivity contribution in [2.24, 2.45) is 11.8 Å². The summed E-state index contributed by atoms with van der Waals surface area (Å²) < 4.78 is 2.20. The highest BCUT2D eigenvalue weighted by Gasteiger charge is 2.56. The van der Waals surface area contributed by atoms with E-state index < -0.39 is 5.41 Å². The number of nitrogens with zero attached hydrogens (tertiary/aromatic N) is 9. The molecule has 16 nitrogen and oxygen atoms in total. The first-order valence-electron chi connectivity index (χ1n) is 27.3. The van der Waals surface area contributed by atoms with E-state index in [2.05, 4.69) is 68.0 Å². The zero-order valence-electron chi connectivity index (χ0n) is 42.6. The Kier molecular flexibility index (Phi) is 13.5. The number of hydrogen-bond acceptors (Lipinski definition) is 10.